The van der Waals surface area contributed by atoms with Crippen LogP contribution in [0.25, 0.3) is 0 Å². The number of hydroxylamine groups is 2. The molecule has 0 spiro atoms. The molecule has 0 saturated carbocycles. The molecule has 190 valence electrons. The Morgan fingerprint density at radius 3 is 2.86 bits per heavy atom. The summed E-state index contributed by atoms with van der Waals surface area (Å²) in [7, 11) is 1.48. The molecule has 2 saturated heterocycles. The van der Waals surface area contributed by atoms with Gasteiger partial charge in [0.05, 0.1) is 19.6 Å². The Hall–Kier alpha value is -3.75. The lowest BCUT2D eigenvalue weighted by Crippen LogP contribution is -2.72. The molecule has 4 unspecified atom stereocenters. The Morgan fingerprint density at radius 1 is 1.40 bits per heavy atom. The number of aldehydes is 1. The number of nitrogens with zero attached hydrogens (tertiary/aromatic N) is 2. The Labute approximate surface area is 200 Å². The van der Waals surface area contributed by atoms with E-state index in [2.05, 4.69) is 21.3 Å². The number of anilines is 1. The molecule has 14 heteroatoms. The van der Waals surface area contributed by atoms with E-state index >= 15 is 0 Å². The molecule has 2 fully saturated rings. The molecule has 0 bridgehead atoms. The number of carboxylic acid groups (broad SMARTS) is 1. The monoisotopic (exact) mass is 492 g/mol. The van der Waals surface area contributed by atoms with Crippen LogP contribution in [0.5, 0.6) is 5.75 Å². The number of amides is 4. The number of benzene rings is 1. The van der Waals surface area contributed by atoms with Crippen molar-refractivity contribution in [3.8, 4) is 5.75 Å². The fourth-order valence-corrected chi connectivity index (χ4v) is 4.10. The van der Waals surface area contributed by atoms with Crippen molar-refractivity contribution >= 4 is 35.8 Å². The molecule has 2 aliphatic heterocycles. The predicted molar refractivity (Wildman–Crippen MR) is 120 cm³/mol. The minimum Gasteiger partial charge on any atom is -0.604 e. The van der Waals surface area contributed by atoms with Crippen LogP contribution in [-0.4, -0.2) is 84.0 Å². The number of rotatable bonds is 8. The molecule has 3 rings (SSSR count). The summed E-state index contributed by atoms with van der Waals surface area (Å²) in [6.45, 7) is -0.541. The second-order valence-electron chi connectivity index (χ2n) is 8.27. The number of urea groups is 1. The van der Waals surface area contributed by atoms with E-state index in [1.165, 1.54) is 7.11 Å². The summed E-state index contributed by atoms with van der Waals surface area (Å²) >= 11 is 0. The fraction of sp³-hybridized carbons (Fsp3) is 0.476. The average Bonchev–Trinajstić information content (AvgIpc) is 3.00. The summed E-state index contributed by atoms with van der Waals surface area (Å²) in [5.41, 5.74) is 0.427. The van der Waals surface area contributed by atoms with Crippen LogP contribution >= 0.6 is 0 Å². The summed E-state index contributed by atoms with van der Waals surface area (Å²) in [4.78, 5) is 60.0. The van der Waals surface area contributed by atoms with Crippen LogP contribution in [-0.2, 0) is 19.2 Å². The number of ether oxygens (including phenoxy) is 1. The van der Waals surface area contributed by atoms with Gasteiger partial charge in [-0.1, -0.05) is 6.07 Å². The number of quaternary nitrogens is 1. The maximum atomic E-state index is 14.0. The molecule has 4 amide bonds. The third kappa shape index (κ3) is 6.23. The van der Waals surface area contributed by atoms with Crippen molar-refractivity contribution in [2.75, 3.05) is 32.2 Å². The van der Waals surface area contributed by atoms with E-state index in [0.717, 1.165) is 5.01 Å². The lowest BCUT2D eigenvalue weighted by molar-refractivity contribution is -1.01. The van der Waals surface area contributed by atoms with Crippen LogP contribution in [0, 0.1) is 11.1 Å². The first-order valence-electron chi connectivity index (χ1n) is 11.0. The van der Waals surface area contributed by atoms with Crippen molar-refractivity contribution < 1.29 is 38.6 Å². The van der Waals surface area contributed by atoms with Crippen LogP contribution in [0.1, 0.15) is 19.3 Å². The van der Waals surface area contributed by atoms with Crippen LogP contribution in [0.2, 0.25) is 0 Å². The molecule has 1 aromatic carbocycles. The number of carbonyl (C=O) groups excluding carboxylic acids is 4. The minimum atomic E-state index is -1.31. The molecule has 2 heterocycles. The second kappa shape index (κ2) is 11.1. The molecular formula is C21H28N6O8. The molecule has 4 atom stereocenters. The van der Waals surface area contributed by atoms with E-state index in [4.69, 9.17) is 9.84 Å². The quantitative estimate of drug-likeness (QED) is 0.178. The van der Waals surface area contributed by atoms with E-state index in [1.807, 2.05) is 0 Å². The molecule has 0 aliphatic carbocycles. The van der Waals surface area contributed by atoms with Crippen molar-refractivity contribution in [1.82, 2.24) is 21.0 Å². The molecule has 14 nitrogen and oxygen atoms in total. The van der Waals surface area contributed by atoms with Crippen LogP contribution < -0.4 is 26.0 Å². The molecule has 35 heavy (non-hydrogen) atoms. The summed E-state index contributed by atoms with van der Waals surface area (Å²) in [5.74, 6) is -2.88. The van der Waals surface area contributed by atoms with Crippen molar-refractivity contribution in [3.63, 3.8) is 0 Å². The maximum Gasteiger partial charge on any atom is 0.323 e. The van der Waals surface area contributed by atoms with Gasteiger partial charge in [0.25, 0.3) is 5.91 Å². The van der Waals surface area contributed by atoms with Gasteiger partial charge in [-0.15, -0.1) is 0 Å². The Kier molecular flexibility index (Phi) is 8.22. The second-order valence-corrected chi connectivity index (χ2v) is 8.27. The SMILES string of the molecule is COc1cccc(NC(=O)NC2CCC(=O)N3CNCC(C(=O)NC(C=O)CC(=O)O)C[N+]23[O-])c1. The van der Waals surface area contributed by atoms with Crippen LogP contribution in [0.4, 0.5) is 10.5 Å². The lowest BCUT2D eigenvalue weighted by Gasteiger charge is -2.55. The zero-order chi connectivity index (χ0) is 25.6. The van der Waals surface area contributed by atoms with Crippen LogP contribution in [0.3, 0.4) is 0 Å². The largest absolute Gasteiger partial charge is 0.604 e. The van der Waals surface area contributed by atoms with E-state index in [0.29, 0.717) is 17.7 Å². The highest BCUT2D eigenvalue weighted by molar-refractivity contribution is 5.89. The number of methoxy groups -OCH3 is 1. The van der Waals surface area contributed by atoms with Gasteiger partial charge in [-0.05, 0) is 12.1 Å². The zero-order valence-corrected chi connectivity index (χ0v) is 19.1. The first-order chi connectivity index (χ1) is 16.7. The van der Waals surface area contributed by atoms with Gasteiger partial charge in [-0.3, -0.25) is 25.0 Å². The summed E-state index contributed by atoms with van der Waals surface area (Å²) in [6.07, 6.45) is -1.30. The van der Waals surface area contributed by atoms with Gasteiger partial charge in [0.2, 0.25) is 5.91 Å². The number of nitrogens with one attached hydrogen (secondary N) is 4. The van der Waals surface area contributed by atoms with Gasteiger partial charge in [-0.2, -0.15) is 5.01 Å². The van der Waals surface area contributed by atoms with Gasteiger partial charge in [0.1, 0.15) is 31.2 Å². The standard InChI is InChI=1S/C21H28N6O8/c1-35-16-4-2-3-14(7-16)24-21(33)25-17-5-6-18(29)26-12-22-9-13(10-27(17,26)34)20(32)23-15(11-28)8-19(30)31/h2-4,7,11,13,15,17,22H,5-6,8-10,12H2,1H3,(H,23,32)(H,30,31)(H2,24,25,33). The smallest absolute Gasteiger partial charge is 0.323 e. The van der Waals surface area contributed by atoms with Gasteiger partial charge in [0, 0.05) is 31.1 Å². The van der Waals surface area contributed by atoms with Gasteiger partial charge < -0.3 is 30.5 Å². The highest BCUT2D eigenvalue weighted by atomic mass is 16.6. The Balaban J connectivity index is 1.75. The van der Waals surface area contributed by atoms with Crippen molar-refractivity contribution in [1.29, 1.82) is 0 Å². The summed E-state index contributed by atoms with van der Waals surface area (Å²) in [6, 6.07) is 4.67. The van der Waals surface area contributed by atoms with E-state index < -0.39 is 59.7 Å². The third-order valence-corrected chi connectivity index (χ3v) is 5.83. The number of carboxylic acids is 1. The topological polar surface area (TPSA) is 189 Å². The highest BCUT2D eigenvalue weighted by Crippen LogP contribution is 2.29. The molecule has 5 N–H and O–H groups in total. The number of aliphatic carboxylic acids is 1. The van der Waals surface area contributed by atoms with E-state index in [9.17, 15) is 29.2 Å². The van der Waals surface area contributed by atoms with Gasteiger partial charge >= 0.3 is 12.0 Å². The first kappa shape index (κ1) is 25.9. The predicted octanol–water partition coefficient (Wildman–Crippen LogP) is -0.670. The van der Waals surface area contributed by atoms with Crippen molar-refractivity contribution in [3.05, 3.63) is 29.5 Å². The zero-order valence-electron chi connectivity index (χ0n) is 19.1. The normalized spacial score (nSPS) is 24.9. The number of fused-ring (bicyclic) bond motifs is 1. The molecule has 0 aromatic heterocycles. The van der Waals surface area contributed by atoms with E-state index in [1.54, 1.807) is 24.3 Å². The third-order valence-electron chi connectivity index (χ3n) is 5.83. The maximum absolute atomic E-state index is 14.0. The molecular weight excluding hydrogens is 464 g/mol. The molecule has 1 aromatic rings. The number of hydrogen-bond donors (Lipinski definition) is 5. The van der Waals surface area contributed by atoms with Gasteiger partial charge in [-0.25, -0.2) is 9.55 Å². The lowest BCUT2D eigenvalue weighted by atomic mass is 10.1. The van der Waals surface area contributed by atoms with Crippen molar-refractivity contribution in [2.24, 2.45) is 5.92 Å². The van der Waals surface area contributed by atoms with Gasteiger partial charge in [0.15, 0.2) is 6.17 Å². The minimum absolute atomic E-state index is 0.0131. The number of hydrogen-bond acceptors (Lipinski definition) is 8. The Morgan fingerprint density at radius 2 is 2.17 bits per heavy atom. The first-order valence-corrected chi connectivity index (χ1v) is 11.0. The number of carbonyl (C=O) groups is 5. The fourth-order valence-electron chi connectivity index (χ4n) is 4.10. The van der Waals surface area contributed by atoms with E-state index in [-0.39, 0.29) is 26.1 Å². The highest BCUT2D eigenvalue weighted by Gasteiger charge is 2.48. The average molecular weight is 492 g/mol. The summed E-state index contributed by atoms with van der Waals surface area (Å²) < 4.78 is 3.82. The molecule has 2 aliphatic rings. The van der Waals surface area contributed by atoms with Crippen molar-refractivity contribution in [2.45, 2.75) is 31.5 Å². The Bertz CT molecular complexity index is 990. The molecule has 0 radical (unpaired) electrons. The summed E-state index contributed by atoms with van der Waals surface area (Å²) in [5, 5.41) is 34.3. The van der Waals surface area contributed by atoms with Crippen LogP contribution in [0.15, 0.2) is 24.3 Å².